The van der Waals surface area contributed by atoms with Gasteiger partial charge < -0.3 is 16.0 Å². The molecule has 0 aromatic heterocycles. The number of carbonyl (C=O) groups excluding carboxylic acids is 3. The van der Waals surface area contributed by atoms with Crippen molar-refractivity contribution in [1.82, 2.24) is 0 Å². The van der Waals surface area contributed by atoms with Crippen molar-refractivity contribution in [2.45, 2.75) is 25.0 Å². The van der Waals surface area contributed by atoms with Crippen LogP contribution in [0.2, 0.25) is 0 Å². The summed E-state index contributed by atoms with van der Waals surface area (Å²) in [6, 6.07) is 14.7. The third-order valence-corrected chi connectivity index (χ3v) is 5.43. The maximum absolute atomic E-state index is 12.4. The molecule has 7 heteroatoms. The molecule has 3 amide bonds. The number of hydrogen-bond acceptors (Lipinski definition) is 4. The van der Waals surface area contributed by atoms with Crippen LogP contribution >= 0.6 is 11.8 Å². The van der Waals surface area contributed by atoms with Gasteiger partial charge in [-0.05, 0) is 48.7 Å². The molecule has 1 atom stereocenters. The Morgan fingerprint density at radius 1 is 1.07 bits per heavy atom. The number of para-hydroxylation sites is 1. The minimum absolute atomic E-state index is 0.0580. The van der Waals surface area contributed by atoms with Gasteiger partial charge in [0.25, 0.3) is 0 Å². The molecule has 0 spiro atoms. The summed E-state index contributed by atoms with van der Waals surface area (Å²) in [5, 5.41) is 8.16. The zero-order valence-corrected chi connectivity index (χ0v) is 15.8. The molecule has 0 aliphatic carbocycles. The normalized spacial score (nSPS) is 15.9. The second-order valence-corrected chi connectivity index (χ2v) is 7.48. The van der Waals surface area contributed by atoms with Crippen molar-refractivity contribution in [2.24, 2.45) is 0 Å². The van der Waals surface area contributed by atoms with Crippen LogP contribution in [-0.2, 0) is 20.8 Å². The van der Waals surface area contributed by atoms with E-state index in [9.17, 15) is 14.4 Å². The van der Waals surface area contributed by atoms with E-state index in [0.717, 1.165) is 17.7 Å². The van der Waals surface area contributed by atoms with E-state index in [1.165, 1.54) is 18.7 Å². The fraction of sp³-hybridized carbons (Fsp3) is 0.250. The maximum Gasteiger partial charge on any atom is 0.237 e. The second kappa shape index (κ2) is 8.73. The fourth-order valence-electron chi connectivity index (χ4n) is 2.86. The highest BCUT2D eigenvalue weighted by Gasteiger charge is 2.24. The summed E-state index contributed by atoms with van der Waals surface area (Å²) in [6.45, 7) is 1.44. The summed E-state index contributed by atoms with van der Waals surface area (Å²) >= 11 is 1.35. The second-order valence-electron chi connectivity index (χ2n) is 6.29. The summed E-state index contributed by atoms with van der Waals surface area (Å²) in [5.74, 6) is -0.173. The van der Waals surface area contributed by atoms with Crippen LogP contribution in [0.4, 0.5) is 17.1 Å². The number of carbonyl (C=O) groups is 3. The Bertz CT molecular complexity index is 852. The first kappa shape index (κ1) is 19.0. The van der Waals surface area contributed by atoms with Crippen LogP contribution in [-0.4, -0.2) is 28.7 Å². The van der Waals surface area contributed by atoms with Crippen LogP contribution < -0.4 is 16.0 Å². The highest BCUT2D eigenvalue weighted by molar-refractivity contribution is 8.01. The lowest BCUT2D eigenvalue weighted by atomic mass is 10.1. The van der Waals surface area contributed by atoms with Gasteiger partial charge in [0.1, 0.15) is 0 Å². The van der Waals surface area contributed by atoms with E-state index in [0.29, 0.717) is 17.8 Å². The monoisotopic (exact) mass is 383 g/mol. The zero-order valence-electron chi connectivity index (χ0n) is 15.0. The quantitative estimate of drug-likeness (QED) is 0.739. The van der Waals surface area contributed by atoms with Crippen LogP contribution in [0.3, 0.4) is 0 Å². The van der Waals surface area contributed by atoms with Gasteiger partial charge in [0, 0.05) is 24.0 Å². The largest absolute Gasteiger partial charge is 0.326 e. The van der Waals surface area contributed by atoms with Gasteiger partial charge in [-0.3, -0.25) is 14.4 Å². The topological polar surface area (TPSA) is 87.3 Å². The standard InChI is InChI=1S/C20H21N3O3S/c1-13(24)21-15-7-9-16(10-8-15)22-19(25)12-27-18-11-6-14-4-2-3-5-17(14)23-20(18)26/h2-5,7-10,18H,6,11-12H2,1H3,(H,21,24)(H,22,25)(H,23,26). The molecular formula is C20H21N3O3S. The molecule has 6 nitrogen and oxygen atoms in total. The van der Waals surface area contributed by atoms with E-state index in [2.05, 4.69) is 16.0 Å². The number of hydrogen-bond donors (Lipinski definition) is 3. The molecule has 3 rings (SSSR count). The summed E-state index contributed by atoms with van der Waals surface area (Å²) in [4.78, 5) is 35.6. The molecule has 3 N–H and O–H groups in total. The number of benzene rings is 2. The van der Waals surface area contributed by atoms with Crippen molar-refractivity contribution in [3.8, 4) is 0 Å². The zero-order chi connectivity index (χ0) is 19.2. The molecule has 2 aromatic carbocycles. The first-order valence-electron chi connectivity index (χ1n) is 8.69. The van der Waals surface area contributed by atoms with Crippen molar-refractivity contribution in [3.63, 3.8) is 0 Å². The predicted molar refractivity (Wildman–Crippen MR) is 109 cm³/mol. The molecule has 2 aromatic rings. The van der Waals surface area contributed by atoms with Crippen molar-refractivity contribution in [3.05, 3.63) is 54.1 Å². The lowest BCUT2D eigenvalue weighted by Crippen LogP contribution is -2.26. The number of thioether (sulfide) groups is 1. The Kier molecular flexibility index (Phi) is 6.13. The molecule has 0 saturated heterocycles. The van der Waals surface area contributed by atoms with Crippen LogP contribution in [0.1, 0.15) is 18.9 Å². The third kappa shape index (κ3) is 5.34. The van der Waals surface area contributed by atoms with Gasteiger partial charge >= 0.3 is 0 Å². The number of amides is 3. The number of rotatable bonds is 5. The van der Waals surface area contributed by atoms with Crippen LogP contribution in [0, 0.1) is 0 Å². The highest BCUT2D eigenvalue weighted by Crippen LogP contribution is 2.27. The van der Waals surface area contributed by atoms with Crippen molar-refractivity contribution < 1.29 is 14.4 Å². The van der Waals surface area contributed by atoms with Gasteiger partial charge in [-0.1, -0.05) is 18.2 Å². The van der Waals surface area contributed by atoms with E-state index >= 15 is 0 Å². The molecular weight excluding hydrogens is 362 g/mol. The van der Waals surface area contributed by atoms with Crippen LogP contribution in [0.15, 0.2) is 48.5 Å². The molecule has 140 valence electrons. The van der Waals surface area contributed by atoms with Crippen molar-refractivity contribution in [1.29, 1.82) is 0 Å². The predicted octanol–water partition coefficient (Wildman–Crippen LogP) is 3.27. The molecule has 0 saturated carbocycles. The number of aryl methyl sites for hydroxylation is 1. The molecule has 0 radical (unpaired) electrons. The van der Waals surface area contributed by atoms with Crippen molar-refractivity contribution in [2.75, 3.05) is 21.7 Å². The lowest BCUT2D eigenvalue weighted by molar-refractivity contribution is -0.116. The van der Waals surface area contributed by atoms with Gasteiger partial charge in [-0.25, -0.2) is 0 Å². The molecule has 1 heterocycles. The first-order valence-corrected chi connectivity index (χ1v) is 9.74. The van der Waals surface area contributed by atoms with Crippen LogP contribution in [0.25, 0.3) is 0 Å². The highest BCUT2D eigenvalue weighted by atomic mass is 32.2. The van der Waals surface area contributed by atoms with Gasteiger partial charge in [-0.2, -0.15) is 0 Å². The summed E-state index contributed by atoms with van der Waals surface area (Å²) in [5.41, 5.74) is 3.30. The van der Waals surface area contributed by atoms with Gasteiger partial charge in [0.15, 0.2) is 0 Å². The molecule has 0 bridgehead atoms. The van der Waals surface area contributed by atoms with Crippen LogP contribution in [0.5, 0.6) is 0 Å². The summed E-state index contributed by atoms with van der Waals surface area (Å²) < 4.78 is 0. The Morgan fingerprint density at radius 2 is 1.74 bits per heavy atom. The molecule has 0 fully saturated rings. The minimum Gasteiger partial charge on any atom is -0.326 e. The summed E-state index contributed by atoms with van der Waals surface area (Å²) in [7, 11) is 0. The average Bonchev–Trinajstić information content (AvgIpc) is 2.79. The van der Waals surface area contributed by atoms with Gasteiger partial charge in [0.2, 0.25) is 17.7 Å². The third-order valence-electron chi connectivity index (χ3n) is 4.15. The molecule has 1 aliphatic heterocycles. The molecule has 1 unspecified atom stereocenters. The van der Waals surface area contributed by atoms with E-state index < -0.39 is 0 Å². The van der Waals surface area contributed by atoms with Gasteiger partial charge in [0.05, 0.1) is 11.0 Å². The average molecular weight is 383 g/mol. The number of fused-ring (bicyclic) bond motifs is 1. The Hall–Kier alpha value is -2.80. The number of nitrogens with one attached hydrogen (secondary N) is 3. The molecule has 1 aliphatic rings. The lowest BCUT2D eigenvalue weighted by Gasteiger charge is -2.13. The summed E-state index contributed by atoms with van der Waals surface area (Å²) in [6.07, 6.45) is 1.50. The van der Waals surface area contributed by atoms with E-state index in [1.54, 1.807) is 24.3 Å². The van der Waals surface area contributed by atoms with Crippen molar-refractivity contribution >= 4 is 46.5 Å². The smallest absolute Gasteiger partial charge is 0.237 e. The molecule has 27 heavy (non-hydrogen) atoms. The number of anilines is 3. The fourth-order valence-corrected chi connectivity index (χ4v) is 3.78. The Labute approximate surface area is 162 Å². The Balaban J connectivity index is 1.50. The maximum atomic E-state index is 12.4. The first-order chi connectivity index (χ1) is 13.0. The van der Waals surface area contributed by atoms with Gasteiger partial charge in [-0.15, -0.1) is 11.8 Å². The van der Waals surface area contributed by atoms with E-state index in [-0.39, 0.29) is 28.7 Å². The SMILES string of the molecule is CC(=O)Nc1ccc(NC(=O)CSC2CCc3ccccc3NC2=O)cc1. The minimum atomic E-state index is -0.259. The van der Waals surface area contributed by atoms with E-state index in [1.807, 2.05) is 24.3 Å². The Morgan fingerprint density at radius 3 is 2.44 bits per heavy atom. The van der Waals surface area contributed by atoms with E-state index in [4.69, 9.17) is 0 Å².